The first kappa shape index (κ1) is 13.2. The van der Waals surface area contributed by atoms with Crippen molar-refractivity contribution < 1.29 is 9.53 Å². The van der Waals surface area contributed by atoms with E-state index in [1.54, 1.807) is 6.08 Å². The van der Waals surface area contributed by atoms with Crippen LogP contribution in [0.5, 0.6) is 0 Å². The van der Waals surface area contributed by atoms with Crippen LogP contribution in [-0.2, 0) is 9.53 Å². The fourth-order valence-corrected chi connectivity index (χ4v) is 1.17. The second-order valence-electron chi connectivity index (χ2n) is 4.25. The summed E-state index contributed by atoms with van der Waals surface area (Å²) in [6, 6.07) is -0.277. The third-order valence-corrected chi connectivity index (χ3v) is 1.85. The molecule has 0 radical (unpaired) electrons. The Labute approximate surface area is 86.5 Å². The van der Waals surface area contributed by atoms with Crippen molar-refractivity contribution in [2.24, 2.45) is 5.41 Å². The summed E-state index contributed by atoms with van der Waals surface area (Å²) in [6.45, 7) is 12.5. The minimum absolute atomic E-state index is 0.144. The molecule has 0 saturated heterocycles. The molecule has 0 aliphatic heterocycles. The van der Waals surface area contributed by atoms with E-state index in [9.17, 15) is 4.79 Å². The van der Waals surface area contributed by atoms with Crippen LogP contribution in [0.1, 0.15) is 27.7 Å². The van der Waals surface area contributed by atoms with Gasteiger partial charge >= 0.3 is 5.97 Å². The highest BCUT2D eigenvalue weighted by atomic mass is 16.5. The first-order valence-electron chi connectivity index (χ1n) is 4.94. The van der Waals surface area contributed by atoms with Gasteiger partial charge in [0.05, 0.1) is 6.61 Å². The van der Waals surface area contributed by atoms with Crippen molar-refractivity contribution in [2.75, 3.05) is 13.2 Å². The highest BCUT2D eigenvalue weighted by Gasteiger charge is 2.31. The highest BCUT2D eigenvalue weighted by Crippen LogP contribution is 2.20. The molecule has 0 bridgehead atoms. The lowest BCUT2D eigenvalue weighted by atomic mass is 9.87. The van der Waals surface area contributed by atoms with Crippen LogP contribution in [0, 0.1) is 5.41 Å². The molecule has 0 amide bonds. The van der Waals surface area contributed by atoms with Crippen LogP contribution in [0.4, 0.5) is 0 Å². The van der Waals surface area contributed by atoms with E-state index in [4.69, 9.17) is 4.74 Å². The molecule has 0 heterocycles. The number of carbonyl (C=O) groups is 1. The summed E-state index contributed by atoms with van der Waals surface area (Å²) < 4.78 is 4.99. The van der Waals surface area contributed by atoms with E-state index >= 15 is 0 Å². The number of esters is 1. The van der Waals surface area contributed by atoms with Crippen LogP contribution in [-0.4, -0.2) is 25.2 Å². The van der Waals surface area contributed by atoms with Gasteiger partial charge in [0.1, 0.15) is 6.04 Å². The van der Waals surface area contributed by atoms with Gasteiger partial charge in [-0.1, -0.05) is 26.8 Å². The van der Waals surface area contributed by atoms with E-state index in [-0.39, 0.29) is 17.4 Å². The maximum atomic E-state index is 11.6. The van der Waals surface area contributed by atoms with Gasteiger partial charge in [0.15, 0.2) is 0 Å². The number of nitrogens with one attached hydrogen (secondary N) is 1. The monoisotopic (exact) mass is 199 g/mol. The lowest BCUT2D eigenvalue weighted by Gasteiger charge is -2.29. The van der Waals surface area contributed by atoms with Gasteiger partial charge in [0, 0.05) is 6.54 Å². The predicted octanol–water partition coefficient (Wildman–Crippen LogP) is 1.74. The van der Waals surface area contributed by atoms with Crippen molar-refractivity contribution in [3.8, 4) is 0 Å². The zero-order valence-corrected chi connectivity index (χ0v) is 9.59. The van der Waals surface area contributed by atoms with Crippen molar-refractivity contribution in [1.82, 2.24) is 5.32 Å². The standard InChI is InChI=1S/C11H21NO2/c1-6-8-12-9(11(3,4)5)10(13)14-7-2/h6,9,12H,1,7-8H2,2-5H3. The minimum atomic E-state index is -0.277. The minimum Gasteiger partial charge on any atom is -0.465 e. The summed E-state index contributed by atoms with van der Waals surface area (Å²) in [4.78, 5) is 11.6. The normalized spacial score (nSPS) is 13.4. The molecule has 1 N–H and O–H groups in total. The molecule has 3 heteroatoms. The van der Waals surface area contributed by atoms with E-state index in [1.807, 2.05) is 27.7 Å². The van der Waals surface area contributed by atoms with Gasteiger partial charge < -0.3 is 10.1 Å². The third-order valence-electron chi connectivity index (χ3n) is 1.85. The van der Waals surface area contributed by atoms with Gasteiger partial charge in [-0.2, -0.15) is 0 Å². The summed E-state index contributed by atoms with van der Waals surface area (Å²) in [6.07, 6.45) is 1.73. The molecule has 1 unspecified atom stereocenters. The SMILES string of the molecule is C=CCNC(C(=O)OCC)C(C)(C)C. The number of carbonyl (C=O) groups excluding carboxylic acids is 1. The summed E-state index contributed by atoms with van der Waals surface area (Å²) in [5, 5.41) is 3.10. The van der Waals surface area contributed by atoms with Crippen molar-refractivity contribution in [1.29, 1.82) is 0 Å². The first-order valence-corrected chi connectivity index (χ1v) is 4.94. The lowest BCUT2D eigenvalue weighted by molar-refractivity contribution is -0.148. The van der Waals surface area contributed by atoms with Crippen molar-refractivity contribution in [2.45, 2.75) is 33.7 Å². The molecule has 1 atom stereocenters. The molecule has 0 saturated carbocycles. The fourth-order valence-electron chi connectivity index (χ4n) is 1.17. The molecule has 0 fully saturated rings. The van der Waals surface area contributed by atoms with Crippen LogP contribution < -0.4 is 5.32 Å². The molecule has 82 valence electrons. The maximum absolute atomic E-state index is 11.6. The molecule has 0 aliphatic carbocycles. The molecule has 0 rings (SSSR count). The van der Waals surface area contributed by atoms with E-state index in [0.29, 0.717) is 13.2 Å². The average molecular weight is 199 g/mol. The summed E-state index contributed by atoms with van der Waals surface area (Å²) >= 11 is 0. The molecular weight excluding hydrogens is 178 g/mol. The fraction of sp³-hybridized carbons (Fsp3) is 0.727. The van der Waals surface area contributed by atoms with E-state index < -0.39 is 0 Å². The summed E-state index contributed by atoms with van der Waals surface area (Å²) in [7, 11) is 0. The molecule has 3 nitrogen and oxygen atoms in total. The van der Waals surface area contributed by atoms with E-state index in [1.165, 1.54) is 0 Å². The number of hydrogen-bond acceptors (Lipinski definition) is 3. The van der Waals surface area contributed by atoms with Gasteiger partial charge in [0.25, 0.3) is 0 Å². The smallest absolute Gasteiger partial charge is 0.323 e. The van der Waals surface area contributed by atoms with Crippen LogP contribution in [0.3, 0.4) is 0 Å². The average Bonchev–Trinajstić information content (AvgIpc) is 2.03. The van der Waals surface area contributed by atoms with Crippen LogP contribution in [0.2, 0.25) is 0 Å². The molecule has 0 spiro atoms. The molecule has 0 aliphatic rings. The predicted molar refractivity (Wildman–Crippen MR) is 58.1 cm³/mol. The Hall–Kier alpha value is -0.830. The molecular formula is C11H21NO2. The largest absolute Gasteiger partial charge is 0.465 e. The Bertz CT molecular complexity index is 194. The summed E-state index contributed by atoms with van der Waals surface area (Å²) in [5.41, 5.74) is -0.144. The third kappa shape index (κ3) is 4.42. The Kier molecular flexibility index (Phi) is 5.46. The molecule has 14 heavy (non-hydrogen) atoms. The van der Waals surface area contributed by atoms with Gasteiger partial charge in [0.2, 0.25) is 0 Å². The van der Waals surface area contributed by atoms with Crippen molar-refractivity contribution in [3.05, 3.63) is 12.7 Å². The van der Waals surface area contributed by atoms with Gasteiger partial charge in [-0.05, 0) is 12.3 Å². The van der Waals surface area contributed by atoms with Gasteiger partial charge in [-0.25, -0.2) is 0 Å². The van der Waals surface area contributed by atoms with Crippen LogP contribution in [0.15, 0.2) is 12.7 Å². The van der Waals surface area contributed by atoms with E-state index in [0.717, 1.165) is 0 Å². The van der Waals surface area contributed by atoms with Crippen molar-refractivity contribution in [3.63, 3.8) is 0 Å². The highest BCUT2D eigenvalue weighted by molar-refractivity contribution is 5.76. The Morgan fingerprint density at radius 1 is 1.57 bits per heavy atom. The zero-order valence-electron chi connectivity index (χ0n) is 9.59. The van der Waals surface area contributed by atoms with Gasteiger partial charge in [-0.15, -0.1) is 6.58 Å². The molecule has 0 aromatic rings. The Balaban J connectivity index is 4.38. The summed E-state index contributed by atoms with van der Waals surface area (Å²) in [5.74, 6) is -0.193. The van der Waals surface area contributed by atoms with Crippen molar-refractivity contribution >= 4 is 5.97 Å². The van der Waals surface area contributed by atoms with Crippen LogP contribution in [0.25, 0.3) is 0 Å². The number of ether oxygens (including phenoxy) is 1. The quantitative estimate of drug-likeness (QED) is 0.541. The second kappa shape index (κ2) is 5.81. The van der Waals surface area contributed by atoms with E-state index in [2.05, 4.69) is 11.9 Å². The Morgan fingerprint density at radius 3 is 2.50 bits per heavy atom. The Morgan fingerprint density at radius 2 is 2.14 bits per heavy atom. The lowest BCUT2D eigenvalue weighted by Crippen LogP contribution is -2.47. The zero-order chi connectivity index (χ0) is 11.2. The molecule has 0 aromatic heterocycles. The topological polar surface area (TPSA) is 38.3 Å². The van der Waals surface area contributed by atoms with Crippen LogP contribution >= 0.6 is 0 Å². The number of hydrogen-bond donors (Lipinski definition) is 1. The molecule has 0 aromatic carbocycles. The number of rotatable bonds is 5. The van der Waals surface area contributed by atoms with Gasteiger partial charge in [-0.3, -0.25) is 4.79 Å². The first-order chi connectivity index (χ1) is 6.43. The second-order valence-corrected chi connectivity index (χ2v) is 4.25. The maximum Gasteiger partial charge on any atom is 0.323 e.